The molecule has 0 aliphatic heterocycles. The highest BCUT2D eigenvalue weighted by molar-refractivity contribution is 5.97. The van der Waals surface area contributed by atoms with Crippen LogP contribution in [0, 0.1) is 0 Å². The monoisotopic (exact) mass is 395 g/mol. The van der Waals surface area contributed by atoms with Crippen LogP contribution in [0.15, 0.2) is 52.1 Å². The zero-order valence-corrected chi connectivity index (χ0v) is 16.7. The van der Waals surface area contributed by atoms with Crippen LogP contribution in [0.1, 0.15) is 42.6 Å². The number of carbonyl (C=O) groups is 1. The number of rotatable bonds is 8. The van der Waals surface area contributed by atoms with Gasteiger partial charge < -0.3 is 15.0 Å². The number of fused-ring (bicyclic) bond motifs is 1. The van der Waals surface area contributed by atoms with Gasteiger partial charge in [0.15, 0.2) is 0 Å². The van der Waals surface area contributed by atoms with E-state index in [0.717, 1.165) is 28.7 Å². The van der Waals surface area contributed by atoms with E-state index in [-0.39, 0.29) is 18.0 Å². The van der Waals surface area contributed by atoms with Crippen molar-refractivity contribution in [2.45, 2.75) is 39.8 Å². The predicted octanol–water partition coefficient (Wildman–Crippen LogP) is 2.82. The van der Waals surface area contributed by atoms with Crippen molar-refractivity contribution < 1.29 is 9.53 Å². The number of carbonyl (C=O) groups excluding carboxylic acids is 1. The average Bonchev–Trinajstić information content (AvgIpc) is 2.72. The van der Waals surface area contributed by atoms with Gasteiger partial charge in [0.05, 0.1) is 17.5 Å². The predicted molar refractivity (Wildman–Crippen MR) is 113 cm³/mol. The van der Waals surface area contributed by atoms with E-state index in [1.807, 2.05) is 24.3 Å². The molecular formula is C22H25N3O4. The molecule has 0 saturated heterocycles. The summed E-state index contributed by atoms with van der Waals surface area (Å²) in [6, 6.07) is 12.3. The Hall–Kier alpha value is -3.35. The molecule has 0 radical (unpaired) electrons. The first-order valence-corrected chi connectivity index (χ1v) is 9.80. The topological polar surface area (TPSA) is 93.2 Å². The minimum absolute atomic E-state index is 0.285. The number of hydrogen-bond donors (Lipinski definition) is 2. The molecule has 0 saturated carbocycles. The fraction of sp³-hybridized carbons (Fsp3) is 0.318. The lowest BCUT2D eigenvalue weighted by atomic mass is 10.1. The lowest BCUT2D eigenvalue weighted by Gasteiger charge is -2.09. The van der Waals surface area contributed by atoms with E-state index >= 15 is 0 Å². The van der Waals surface area contributed by atoms with E-state index in [0.29, 0.717) is 29.6 Å². The molecule has 7 heteroatoms. The van der Waals surface area contributed by atoms with Crippen molar-refractivity contribution in [3.8, 4) is 5.75 Å². The molecular weight excluding hydrogens is 370 g/mol. The largest absolute Gasteiger partial charge is 0.494 e. The second-order valence-corrected chi connectivity index (χ2v) is 6.77. The van der Waals surface area contributed by atoms with E-state index in [9.17, 15) is 14.4 Å². The third-order valence-electron chi connectivity index (χ3n) is 4.68. The quantitative estimate of drug-likeness (QED) is 0.574. The van der Waals surface area contributed by atoms with Gasteiger partial charge in [-0.15, -0.1) is 0 Å². The van der Waals surface area contributed by atoms with Gasteiger partial charge in [0.2, 0.25) is 0 Å². The lowest BCUT2D eigenvalue weighted by molar-refractivity contribution is 0.0951. The minimum Gasteiger partial charge on any atom is -0.494 e. The molecule has 0 unspecified atom stereocenters. The number of nitrogens with zero attached hydrogens (tertiary/aromatic N) is 1. The van der Waals surface area contributed by atoms with E-state index < -0.39 is 5.69 Å². The van der Waals surface area contributed by atoms with Crippen LogP contribution in [0.2, 0.25) is 0 Å². The summed E-state index contributed by atoms with van der Waals surface area (Å²) in [5, 5.41) is 3.23. The number of aromatic amines is 1. The molecule has 0 spiro atoms. The molecule has 3 rings (SSSR count). The summed E-state index contributed by atoms with van der Waals surface area (Å²) in [6.45, 7) is 5.13. The third kappa shape index (κ3) is 4.74. The van der Waals surface area contributed by atoms with Crippen molar-refractivity contribution in [1.29, 1.82) is 0 Å². The number of ether oxygens (including phenoxy) is 1. The molecule has 0 atom stereocenters. The van der Waals surface area contributed by atoms with Gasteiger partial charge in [0.25, 0.3) is 11.5 Å². The van der Waals surface area contributed by atoms with Crippen LogP contribution in [0.5, 0.6) is 5.75 Å². The molecule has 2 aromatic carbocycles. The first kappa shape index (κ1) is 20.4. The summed E-state index contributed by atoms with van der Waals surface area (Å²) >= 11 is 0. The van der Waals surface area contributed by atoms with Gasteiger partial charge in [0, 0.05) is 18.7 Å². The second kappa shape index (κ2) is 9.23. The Morgan fingerprint density at radius 3 is 2.72 bits per heavy atom. The number of hydrogen-bond acceptors (Lipinski definition) is 4. The highest BCUT2D eigenvalue weighted by Crippen LogP contribution is 2.14. The number of unbranched alkanes of at least 4 members (excludes halogenated alkanes) is 1. The Labute approximate surface area is 168 Å². The fourth-order valence-corrected chi connectivity index (χ4v) is 3.05. The number of nitrogens with one attached hydrogen (secondary N) is 2. The standard InChI is InChI=1S/C22H25N3O4/c1-3-5-11-29-17-8-6-7-15(12-17)14-23-20(26)16-9-10-18-19(13-16)24-22(28)25(4-2)21(18)27/h6-10,12-13H,3-5,11,14H2,1-2H3,(H,23,26)(H,24,28). The summed E-state index contributed by atoms with van der Waals surface area (Å²) in [5.74, 6) is 0.491. The van der Waals surface area contributed by atoms with E-state index in [2.05, 4.69) is 17.2 Å². The maximum Gasteiger partial charge on any atom is 0.328 e. The van der Waals surface area contributed by atoms with Crippen LogP contribution in [0.4, 0.5) is 0 Å². The molecule has 152 valence electrons. The Morgan fingerprint density at radius 2 is 1.97 bits per heavy atom. The summed E-state index contributed by atoms with van der Waals surface area (Å²) in [4.78, 5) is 39.5. The fourth-order valence-electron chi connectivity index (χ4n) is 3.05. The highest BCUT2D eigenvalue weighted by Gasteiger charge is 2.11. The number of amides is 1. The van der Waals surface area contributed by atoms with Crippen LogP contribution in [-0.2, 0) is 13.1 Å². The van der Waals surface area contributed by atoms with Gasteiger partial charge >= 0.3 is 5.69 Å². The Bertz CT molecular complexity index is 1130. The van der Waals surface area contributed by atoms with Gasteiger partial charge in [-0.25, -0.2) is 4.79 Å². The first-order chi connectivity index (χ1) is 14.0. The molecule has 7 nitrogen and oxygen atoms in total. The summed E-state index contributed by atoms with van der Waals surface area (Å²) in [5.41, 5.74) is 0.800. The second-order valence-electron chi connectivity index (χ2n) is 6.77. The SMILES string of the molecule is CCCCOc1cccc(CNC(=O)c2ccc3c(=O)n(CC)c(=O)[nH]c3c2)c1. The molecule has 1 amide bonds. The maximum absolute atomic E-state index is 12.5. The number of aromatic nitrogens is 2. The van der Waals surface area contributed by atoms with Gasteiger partial charge in [-0.1, -0.05) is 25.5 Å². The molecule has 1 heterocycles. The van der Waals surface area contributed by atoms with E-state index in [4.69, 9.17) is 4.74 Å². The van der Waals surface area contributed by atoms with Crippen LogP contribution in [0.3, 0.4) is 0 Å². The molecule has 1 aromatic heterocycles. The van der Waals surface area contributed by atoms with E-state index in [1.54, 1.807) is 19.1 Å². The maximum atomic E-state index is 12.5. The summed E-state index contributed by atoms with van der Waals surface area (Å²) in [7, 11) is 0. The number of H-pyrrole nitrogens is 1. The van der Waals surface area contributed by atoms with Crippen molar-refractivity contribution in [2.24, 2.45) is 0 Å². The molecule has 0 aliphatic rings. The van der Waals surface area contributed by atoms with Gasteiger partial charge in [-0.3, -0.25) is 14.2 Å². The van der Waals surface area contributed by atoms with Crippen molar-refractivity contribution in [1.82, 2.24) is 14.9 Å². The van der Waals surface area contributed by atoms with Crippen LogP contribution >= 0.6 is 0 Å². The molecule has 0 bridgehead atoms. The van der Waals surface area contributed by atoms with E-state index in [1.165, 1.54) is 6.07 Å². The van der Waals surface area contributed by atoms with Gasteiger partial charge in [-0.05, 0) is 49.2 Å². The summed E-state index contributed by atoms with van der Waals surface area (Å²) in [6.07, 6.45) is 2.06. The Balaban J connectivity index is 1.73. The lowest BCUT2D eigenvalue weighted by Crippen LogP contribution is -2.34. The van der Waals surface area contributed by atoms with Crippen LogP contribution in [0.25, 0.3) is 10.9 Å². The third-order valence-corrected chi connectivity index (χ3v) is 4.68. The zero-order chi connectivity index (χ0) is 20.8. The summed E-state index contributed by atoms with van der Waals surface area (Å²) < 4.78 is 6.81. The van der Waals surface area contributed by atoms with Crippen molar-refractivity contribution in [2.75, 3.05) is 6.61 Å². The first-order valence-electron chi connectivity index (χ1n) is 9.80. The molecule has 2 N–H and O–H groups in total. The highest BCUT2D eigenvalue weighted by atomic mass is 16.5. The van der Waals surface area contributed by atoms with Crippen molar-refractivity contribution in [3.05, 3.63) is 74.4 Å². The van der Waals surface area contributed by atoms with Gasteiger partial charge in [0.1, 0.15) is 5.75 Å². The smallest absolute Gasteiger partial charge is 0.328 e. The molecule has 3 aromatic rings. The van der Waals surface area contributed by atoms with Crippen molar-refractivity contribution in [3.63, 3.8) is 0 Å². The average molecular weight is 395 g/mol. The Morgan fingerprint density at radius 1 is 1.14 bits per heavy atom. The van der Waals surface area contributed by atoms with Gasteiger partial charge in [-0.2, -0.15) is 0 Å². The molecule has 0 fully saturated rings. The number of benzene rings is 2. The minimum atomic E-state index is -0.484. The van der Waals surface area contributed by atoms with Crippen molar-refractivity contribution >= 4 is 16.8 Å². The van der Waals surface area contributed by atoms with Crippen LogP contribution in [-0.4, -0.2) is 22.1 Å². The van der Waals surface area contributed by atoms with Crippen LogP contribution < -0.4 is 21.3 Å². The molecule has 29 heavy (non-hydrogen) atoms. The molecule has 0 aliphatic carbocycles. The zero-order valence-electron chi connectivity index (χ0n) is 16.7. The Kier molecular flexibility index (Phi) is 6.49. The normalized spacial score (nSPS) is 10.8.